The van der Waals surface area contributed by atoms with Crippen LogP contribution in [0.3, 0.4) is 0 Å². The number of rotatable bonds is 9. The topological polar surface area (TPSA) is 76.1 Å². The van der Waals surface area contributed by atoms with Crippen LogP contribution < -0.4 is 15.4 Å². The Balaban J connectivity index is 1.52. The number of aromatic nitrogens is 2. The molecule has 1 amide bonds. The first-order valence-corrected chi connectivity index (χ1v) is 10.8. The summed E-state index contributed by atoms with van der Waals surface area (Å²) in [5.41, 5.74) is 4.39. The lowest BCUT2D eigenvalue weighted by atomic mass is 10.1. The van der Waals surface area contributed by atoms with Crippen LogP contribution in [-0.4, -0.2) is 29.5 Å². The van der Waals surface area contributed by atoms with Crippen molar-refractivity contribution in [3.63, 3.8) is 0 Å². The minimum atomic E-state index is -0.185. The van der Waals surface area contributed by atoms with Crippen LogP contribution in [0.15, 0.2) is 91.3 Å². The monoisotopic (exact) mass is 438 g/mol. The van der Waals surface area contributed by atoms with E-state index in [0.717, 1.165) is 34.6 Å². The van der Waals surface area contributed by atoms with E-state index in [1.165, 1.54) is 0 Å². The number of methoxy groups -OCH3 is 1. The molecule has 0 spiro atoms. The van der Waals surface area contributed by atoms with E-state index in [4.69, 9.17) is 9.72 Å². The van der Waals surface area contributed by atoms with Gasteiger partial charge in [-0.2, -0.15) is 0 Å². The highest BCUT2D eigenvalue weighted by atomic mass is 16.5. The lowest BCUT2D eigenvalue weighted by Crippen LogP contribution is -2.24. The minimum Gasteiger partial charge on any atom is -0.497 e. The average molecular weight is 439 g/mol. The number of ether oxygens (including phenoxy) is 1. The first-order valence-electron chi connectivity index (χ1n) is 10.8. The van der Waals surface area contributed by atoms with E-state index < -0.39 is 0 Å². The molecular weight excluding hydrogens is 412 g/mol. The molecule has 0 aliphatic rings. The van der Waals surface area contributed by atoms with E-state index in [2.05, 4.69) is 21.7 Å². The first-order chi connectivity index (χ1) is 16.2. The van der Waals surface area contributed by atoms with Gasteiger partial charge in [-0.15, -0.1) is 0 Å². The maximum atomic E-state index is 13.0. The summed E-state index contributed by atoms with van der Waals surface area (Å²) in [5.74, 6) is 1.20. The van der Waals surface area contributed by atoms with Gasteiger partial charge in [-0.05, 0) is 47.9 Å². The van der Waals surface area contributed by atoms with Crippen LogP contribution in [0.2, 0.25) is 0 Å². The number of amides is 1. The number of anilines is 1. The number of benzene rings is 2. The third-order valence-corrected chi connectivity index (χ3v) is 5.23. The van der Waals surface area contributed by atoms with E-state index in [9.17, 15) is 4.79 Å². The van der Waals surface area contributed by atoms with Gasteiger partial charge in [0.2, 0.25) is 0 Å². The molecule has 0 bridgehead atoms. The fraction of sp³-hybridized carbons (Fsp3) is 0.148. The van der Waals surface area contributed by atoms with Crippen LogP contribution in [0.5, 0.6) is 5.75 Å². The predicted octanol–water partition coefficient (Wildman–Crippen LogP) is 4.74. The summed E-state index contributed by atoms with van der Waals surface area (Å²) in [6.45, 7) is 1.03. The molecule has 2 N–H and O–H groups in total. The van der Waals surface area contributed by atoms with Crippen molar-refractivity contribution >= 4 is 11.7 Å². The number of nitrogens with one attached hydrogen (secondary N) is 2. The van der Waals surface area contributed by atoms with Gasteiger partial charge in [0, 0.05) is 31.0 Å². The van der Waals surface area contributed by atoms with Gasteiger partial charge >= 0.3 is 0 Å². The Labute approximate surface area is 193 Å². The van der Waals surface area contributed by atoms with Gasteiger partial charge in [-0.25, -0.2) is 4.98 Å². The fourth-order valence-electron chi connectivity index (χ4n) is 3.48. The normalized spacial score (nSPS) is 10.5. The Hall–Kier alpha value is -4.19. The number of carbonyl (C=O) groups is 1. The molecule has 6 heteroatoms. The number of nitrogens with zero attached hydrogens (tertiary/aromatic N) is 2. The molecule has 0 fully saturated rings. The molecule has 2 aromatic heterocycles. The van der Waals surface area contributed by atoms with Crippen LogP contribution in [-0.2, 0) is 13.0 Å². The Morgan fingerprint density at radius 3 is 2.58 bits per heavy atom. The molecule has 0 saturated carbocycles. The van der Waals surface area contributed by atoms with Gasteiger partial charge in [-0.3, -0.25) is 9.78 Å². The fourth-order valence-corrected chi connectivity index (χ4v) is 3.48. The first kappa shape index (κ1) is 22.0. The van der Waals surface area contributed by atoms with Crippen molar-refractivity contribution in [1.82, 2.24) is 15.3 Å². The maximum Gasteiger partial charge on any atom is 0.255 e. The number of hydrogen-bond donors (Lipinski definition) is 2. The minimum absolute atomic E-state index is 0.185. The highest BCUT2D eigenvalue weighted by Gasteiger charge is 2.14. The largest absolute Gasteiger partial charge is 0.497 e. The third kappa shape index (κ3) is 5.95. The van der Waals surface area contributed by atoms with Gasteiger partial charge in [0.15, 0.2) is 0 Å². The predicted molar refractivity (Wildman–Crippen MR) is 130 cm³/mol. The van der Waals surface area contributed by atoms with Crippen molar-refractivity contribution in [3.05, 3.63) is 108 Å². The molecule has 0 saturated heterocycles. The van der Waals surface area contributed by atoms with Gasteiger partial charge in [0.1, 0.15) is 11.6 Å². The van der Waals surface area contributed by atoms with Gasteiger partial charge in [0.05, 0.1) is 18.4 Å². The summed E-state index contributed by atoms with van der Waals surface area (Å²) < 4.78 is 5.31. The smallest absolute Gasteiger partial charge is 0.255 e. The number of carbonyl (C=O) groups excluding carboxylic acids is 1. The lowest BCUT2D eigenvalue weighted by Gasteiger charge is -2.14. The van der Waals surface area contributed by atoms with E-state index in [0.29, 0.717) is 24.5 Å². The maximum absolute atomic E-state index is 13.0. The summed E-state index contributed by atoms with van der Waals surface area (Å²) in [7, 11) is 1.66. The summed E-state index contributed by atoms with van der Waals surface area (Å²) in [4.78, 5) is 21.8. The molecular formula is C27H26N4O2. The van der Waals surface area contributed by atoms with Crippen LogP contribution in [0, 0.1) is 0 Å². The van der Waals surface area contributed by atoms with Crippen LogP contribution in [0.1, 0.15) is 21.5 Å². The molecule has 4 aromatic rings. The summed E-state index contributed by atoms with van der Waals surface area (Å²) in [6, 6.07) is 25.4. The Bertz CT molecular complexity index is 1200. The lowest BCUT2D eigenvalue weighted by molar-refractivity contribution is 0.0951. The SMILES string of the molecule is COc1cccc(CCNc2nc(-c3ccccc3)ccc2C(=O)NCc2cccnc2)c1. The Morgan fingerprint density at radius 2 is 1.79 bits per heavy atom. The molecule has 0 unspecified atom stereocenters. The van der Waals surface area contributed by atoms with Gasteiger partial charge in [-0.1, -0.05) is 48.5 Å². The van der Waals surface area contributed by atoms with Crippen molar-refractivity contribution in [1.29, 1.82) is 0 Å². The molecule has 166 valence electrons. The van der Waals surface area contributed by atoms with E-state index in [-0.39, 0.29) is 5.91 Å². The molecule has 6 nitrogen and oxygen atoms in total. The van der Waals surface area contributed by atoms with E-state index in [1.54, 1.807) is 19.5 Å². The van der Waals surface area contributed by atoms with Crippen molar-refractivity contribution in [2.24, 2.45) is 0 Å². The van der Waals surface area contributed by atoms with Crippen molar-refractivity contribution in [2.45, 2.75) is 13.0 Å². The number of pyridine rings is 2. The van der Waals surface area contributed by atoms with E-state index in [1.807, 2.05) is 72.8 Å². The molecule has 4 rings (SSSR count). The highest BCUT2D eigenvalue weighted by molar-refractivity contribution is 5.99. The Morgan fingerprint density at radius 1 is 0.939 bits per heavy atom. The standard InChI is InChI=1S/C27H26N4O2/c1-33-23-11-5-7-20(17-23)14-16-29-26-24(27(32)30-19-21-8-6-15-28-18-21)12-13-25(31-26)22-9-3-2-4-10-22/h2-13,15,17-18H,14,16,19H2,1H3,(H,29,31)(H,30,32). The Kier molecular flexibility index (Phi) is 7.28. The third-order valence-electron chi connectivity index (χ3n) is 5.23. The van der Waals surface area contributed by atoms with Crippen molar-refractivity contribution < 1.29 is 9.53 Å². The van der Waals surface area contributed by atoms with Gasteiger partial charge in [0.25, 0.3) is 5.91 Å². The molecule has 2 heterocycles. The number of hydrogen-bond acceptors (Lipinski definition) is 5. The van der Waals surface area contributed by atoms with Crippen LogP contribution in [0.25, 0.3) is 11.3 Å². The van der Waals surface area contributed by atoms with Crippen LogP contribution in [0.4, 0.5) is 5.82 Å². The molecule has 2 aromatic carbocycles. The molecule has 0 aliphatic heterocycles. The van der Waals surface area contributed by atoms with Crippen LogP contribution >= 0.6 is 0 Å². The molecule has 0 aliphatic carbocycles. The summed E-state index contributed by atoms with van der Waals surface area (Å²) >= 11 is 0. The van der Waals surface area contributed by atoms with E-state index >= 15 is 0 Å². The summed E-state index contributed by atoms with van der Waals surface area (Å²) in [6.07, 6.45) is 4.22. The zero-order valence-electron chi connectivity index (χ0n) is 18.5. The molecule has 0 radical (unpaired) electrons. The van der Waals surface area contributed by atoms with Gasteiger partial charge < -0.3 is 15.4 Å². The highest BCUT2D eigenvalue weighted by Crippen LogP contribution is 2.22. The van der Waals surface area contributed by atoms with Crippen molar-refractivity contribution in [3.8, 4) is 17.0 Å². The zero-order valence-corrected chi connectivity index (χ0v) is 18.5. The summed E-state index contributed by atoms with van der Waals surface area (Å²) in [5, 5.41) is 6.33. The second-order valence-electron chi connectivity index (χ2n) is 7.53. The second kappa shape index (κ2) is 10.9. The quantitative estimate of drug-likeness (QED) is 0.395. The molecule has 33 heavy (non-hydrogen) atoms. The molecule has 0 atom stereocenters. The zero-order chi connectivity index (χ0) is 22.9. The second-order valence-corrected chi connectivity index (χ2v) is 7.53. The van der Waals surface area contributed by atoms with Crippen molar-refractivity contribution in [2.75, 3.05) is 19.0 Å². The average Bonchev–Trinajstić information content (AvgIpc) is 2.88.